The molecule has 1 N–H and O–H groups in total. The van der Waals surface area contributed by atoms with Gasteiger partial charge in [-0.2, -0.15) is 0 Å². The van der Waals surface area contributed by atoms with Crippen molar-refractivity contribution in [3.8, 4) is 11.5 Å². The number of ether oxygens (including phenoxy) is 2. The molecule has 9 heteroatoms. The van der Waals surface area contributed by atoms with Crippen molar-refractivity contribution in [2.24, 2.45) is 0 Å². The summed E-state index contributed by atoms with van der Waals surface area (Å²) in [4.78, 5) is 12.8. The van der Waals surface area contributed by atoms with Crippen molar-refractivity contribution in [3.05, 3.63) is 53.1 Å². The van der Waals surface area contributed by atoms with Crippen LogP contribution in [0.3, 0.4) is 0 Å². The van der Waals surface area contributed by atoms with Crippen LogP contribution in [0.1, 0.15) is 33.3 Å². The Morgan fingerprint density at radius 1 is 1.16 bits per heavy atom. The van der Waals surface area contributed by atoms with Crippen LogP contribution in [-0.2, 0) is 20.2 Å². The van der Waals surface area contributed by atoms with E-state index in [1.807, 2.05) is 24.3 Å². The predicted octanol–water partition coefficient (Wildman–Crippen LogP) is 4.00. The number of amides is 1. The van der Waals surface area contributed by atoms with Crippen molar-refractivity contribution < 1.29 is 22.7 Å². The van der Waals surface area contributed by atoms with E-state index in [1.54, 1.807) is 12.1 Å². The number of methoxy groups -OCH3 is 1. The van der Waals surface area contributed by atoms with E-state index in [9.17, 15) is 13.2 Å². The lowest BCUT2D eigenvalue weighted by Gasteiger charge is -2.29. The first kappa shape index (κ1) is 25.8. The van der Waals surface area contributed by atoms with E-state index in [2.05, 4.69) is 26.1 Å². The predicted molar refractivity (Wildman–Crippen MR) is 128 cm³/mol. The van der Waals surface area contributed by atoms with Gasteiger partial charge in [0.2, 0.25) is 15.9 Å². The lowest BCUT2D eigenvalue weighted by molar-refractivity contribution is -0.121. The highest BCUT2D eigenvalue weighted by molar-refractivity contribution is 7.92. The summed E-state index contributed by atoms with van der Waals surface area (Å²) in [6, 6.07) is 11.3. The molecule has 0 saturated carbocycles. The monoisotopic (exact) mass is 482 g/mol. The van der Waals surface area contributed by atoms with Crippen LogP contribution < -0.4 is 19.1 Å². The molecule has 32 heavy (non-hydrogen) atoms. The van der Waals surface area contributed by atoms with Gasteiger partial charge < -0.3 is 14.8 Å². The van der Waals surface area contributed by atoms with E-state index in [4.69, 9.17) is 21.1 Å². The van der Waals surface area contributed by atoms with Gasteiger partial charge in [-0.1, -0.05) is 50.6 Å². The molecule has 0 radical (unpaired) electrons. The molecule has 0 spiro atoms. The van der Waals surface area contributed by atoms with Crippen molar-refractivity contribution in [1.29, 1.82) is 0 Å². The summed E-state index contributed by atoms with van der Waals surface area (Å²) in [5.74, 6) is 0.579. The molecule has 0 aromatic heterocycles. The first-order valence-electron chi connectivity index (χ1n) is 10.2. The van der Waals surface area contributed by atoms with Crippen LogP contribution in [0.2, 0.25) is 5.02 Å². The maximum Gasteiger partial charge on any atom is 0.243 e. The van der Waals surface area contributed by atoms with Gasteiger partial charge in [0, 0.05) is 5.02 Å². The normalized spacial score (nSPS) is 12.7. The minimum absolute atomic E-state index is 0.0830. The molecule has 2 rings (SSSR count). The van der Waals surface area contributed by atoms with E-state index in [1.165, 1.54) is 20.1 Å². The molecule has 0 heterocycles. The van der Waals surface area contributed by atoms with Crippen LogP contribution >= 0.6 is 11.6 Å². The Morgan fingerprint density at radius 2 is 1.81 bits per heavy atom. The molecule has 2 aromatic rings. The Morgan fingerprint density at radius 3 is 2.41 bits per heavy atom. The van der Waals surface area contributed by atoms with Gasteiger partial charge in [0.05, 0.1) is 25.6 Å². The second-order valence-electron chi connectivity index (χ2n) is 8.44. The minimum Gasteiger partial charge on any atom is -0.495 e. The van der Waals surface area contributed by atoms with Gasteiger partial charge in [0.1, 0.15) is 24.1 Å². The summed E-state index contributed by atoms with van der Waals surface area (Å²) in [5.41, 5.74) is 1.18. The van der Waals surface area contributed by atoms with Crippen LogP contribution in [0.25, 0.3) is 0 Å². The first-order valence-corrected chi connectivity index (χ1v) is 12.4. The molecular formula is C23H31ClN2O5S. The fourth-order valence-electron chi connectivity index (χ4n) is 3.31. The zero-order valence-electron chi connectivity index (χ0n) is 19.3. The molecule has 1 atom stereocenters. The molecule has 0 aliphatic heterocycles. The summed E-state index contributed by atoms with van der Waals surface area (Å²) >= 11 is 6.06. The van der Waals surface area contributed by atoms with Gasteiger partial charge in [-0.3, -0.25) is 9.10 Å². The highest BCUT2D eigenvalue weighted by Gasteiger charge is 2.31. The molecular weight excluding hydrogens is 452 g/mol. The summed E-state index contributed by atoms with van der Waals surface area (Å²) in [6.45, 7) is 8.26. The van der Waals surface area contributed by atoms with Gasteiger partial charge in [-0.15, -0.1) is 0 Å². The van der Waals surface area contributed by atoms with Crippen LogP contribution in [0, 0.1) is 0 Å². The van der Waals surface area contributed by atoms with E-state index in [0.717, 1.165) is 21.9 Å². The fourth-order valence-corrected chi connectivity index (χ4v) is 4.65. The number of carbonyl (C=O) groups excluding carboxylic acids is 1. The number of halogens is 1. The number of benzene rings is 2. The van der Waals surface area contributed by atoms with Crippen molar-refractivity contribution in [3.63, 3.8) is 0 Å². The summed E-state index contributed by atoms with van der Waals surface area (Å²) in [5, 5.41) is 3.07. The molecule has 0 saturated heterocycles. The maximum absolute atomic E-state index is 12.8. The maximum atomic E-state index is 12.8. The zero-order valence-corrected chi connectivity index (χ0v) is 20.9. The summed E-state index contributed by atoms with van der Waals surface area (Å²) in [7, 11) is -2.38. The lowest BCUT2D eigenvalue weighted by Crippen LogP contribution is -2.48. The highest BCUT2D eigenvalue weighted by atomic mass is 35.5. The molecule has 0 aliphatic carbocycles. The highest BCUT2D eigenvalue weighted by Crippen LogP contribution is 2.34. The van der Waals surface area contributed by atoms with E-state index in [-0.39, 0.29) is 24.3 Å². The molecule has 2 aromatic carbocycles. The van der Waals surface area contributed by atoms with Crippen LogP contribution in [0.15, 0.2) is 42.5 Å². The van der Waals surface area contributed by atoms with Crippen molar-refractivity contribution >= 4 is 33.2 Å². The lowest BCUT2D eigenvalue weighted by atomic mass is 9.86. The quantitative estimate of drug-likeness (QED) is 0.546. The van der Waals surface area contributed by atoms with Gasteiger partial charge in [0.25, 0.3) is 0 Å². The topological polar surface area (TPSA) is 84.9 Å². The molecule has 1 amide bonds. The third-order valence-electron chi connectivity index (χ3n) is 4.82. The third kappa shape index (κ3) is 6.53. The van der Waals surface area contributed by atoms with Gasteiger partial charge >= 0.3 is 0 Å². The summed E-state index contributed by atoms with van der Waals surface area (Å²) < 4.78 is 37.2. The number of rotatable bonds is 9. The fraction of sp³-hybridized carbons (Fsp3) is 0.435. The average Bonchev–Trinajstić information content (AvgIpc) is 2.70. The van der Waals surface area contributed by atoms with Crippen molar-refractivity contribution in [2.45, 2.75) is 39.2 Å². The molecule has 7 nitrogen and oxygen atoms in total. The average molecular weight is 483 g/mol. The Labute approximate surface area is 195 Å². The molecule has 0 aliphatic rings. The van der Waals surface area contributed by atoms with E-state index in [0.29, 0.717) is 10.8 Å². The zero-order chi connectivity index (χ0) is 24.1. The molecule has 0 unspecified atom stereocenters. The number of carbonyl (C=O) groups is 1. The smallest absolute Gasteiger partial charge is 0.243 e. The van der Waals surface area contributed by atoms with Crippen LogP contribution in [0.4, 0.5) is 5.69 Å². The van der Waals surface area contributed by atoms with Crippen molar-refractivity contribution in [1.82, 2.24) is 5.32 Å². The standard InChI is InChI=1S/C23H31ClN2O5S/c1-16(26(32(6,28)29)19-15-17(24)11-12-21(19)30-5)22(27)25-13-14-31-20-10-8-7-9-18(20)23(2,3)4/h7-12,15-16H,13-14H2,1-6H3,(H,25,27)/t16-/m1/s1. The number of para-hydroxylation sites is 1. The Bertz CT molecular complexity index is 1050. The first-order chi connectivity index (χ1) is 14.9. The number of nitrogens with zero attached hydrogens (tertiary/aromatic N) is 1. The second-order valence-corrected chi connectivity index (χ2v) is 10.7. The second kappa shape index (κ2) is 10.4. The number of nitrogens with one attached hydrogen (secondary N) is 1. The SMILES string of the molecule is COc1ccc(Cl)cc1N([C@H](C)C(=O)NCCOc1ccccc1C(C)(C)C)S(C)(=O)=O. The Hall–Kier alpha value is -2.45. The molecule has 176 valence electrons. The number of sulfonamides is 1. The van der Waals surface area contributed by atoms with Gasteiger partial charge in [0.15, 0.2) is 0 Å². The largest absolute Gasteiger partial charge is 0.495 e. The van der Waals surface area contributed by atoms with Crippen LogP contribution in [0.5, 0.6) is 11.5 Å². The number of hydrogen-bond acceptors (Lipinski definition) is 5. The number of anilines is 1. The third-order valence-corrected chi connectivity index (χ3v) is 6.28. The van der Waals surface area contributed by atoms with Crippen LogP contribution in [-0.4, -0.2) is 46.9 Å². The molecule has 0 fully saturated rings. The van der Waals surface area contributed by atoms with E-state index < -0.39 is 22.0 Å². The van der Waals surface area contributed by atoms with Gasteiger partial charge in [-0.25, -0.2) is 8.42 Å². The van der Waals surface area contributed by atoms with Gasteiger partial charge in [-0.05, 0) is 42.2 Å². The summed E-state index contributed by atoms with van der Waals surface area (Å²) in [6.07, 6.45) is 1.03. The number of hydrogen-bond donors (Lipinski definition) is 1. The Balaban J connectivity index is 2.10. The van der Waals surface area contributed by atoms with Crippen molar-refractivity contribution in [2.75, 3.05) is 30.8 Å². The minimum atomic E-state index is -3.80. The Kier molecular flexibility index (Phi) is 8.42. The van der Waals surface area contributed by atoms with E-state index >= 15 is 0 Å². The molecule has 0 bridgehead atoms.